The van der Waals surface area contributed by atoms with Crippen molar-refractivity contribution in [3.8, 4) is 28.3 Å². The number of nitrogens with one attached hydrogen (secondary N) is 1. The van der Waals surface area contributed by atoms with Crippen LogP contribution in [0.5, 0.6) is 5.88 Å². The molecule has 3 aromatic rings. The molecular weight excluding hydrogens is 446 g/mol. The Morgan fingerprint density at radius 1 is 1.14 bits per heavy atom. The fraction of sp³-hybridized carbons (Fsp3) is 0.296. The number of carboxylic acid groups (broad SMARTS) is 1. The maximum atomic E-state index is 12.6. The summed E-state index contributed by atoms with van der Waals surface area (Å²) in [5.74, 6) is 0.270. The predicted octanol–water partition coefficient (Wildman–Crippen LogP) is 4.43. The third-order valence-electron chi connectivity index (χ3n) is 6.76. The zero-order chi connectivity index (χ0) is 24.4. The van der Waals surface area contributed by atoms with Gasteiger partial charge in [0.05, 0.1) is 17.8 Å². The third kappa shape index (κ3) is 4.33. The van der Waals surface area contributed by atoms with E-state index in [1.807, 2.05) is 60.7 Å². The van der Waals surface area contributed by atoms with Gasteiger partial charge in [-0.05, 0) is 36.5 Å². The van der Waals surface area contributed by atoms with Crippen LogP contribution in [-0.4, -0.2) is 49.0 Å². The van der Waals surface area contributed by atoms with Crippen LogP contribution < -0.4 is 15.0 Å². The van der Waals surface area contributed by atoms with Crippen LogP contribution in [-0.2, 0) is 15.1 Å². The number of rotatable bonds is 7. The summed E-state index contributed by atoms with van der Waals surface area (Å²) in [5.41, 5.74) is 4.49. The van der Waals surface area contributed by atoms with Crippen LogP contribution >= 0.6 is 0 Å². The van der Waals surface area contributed by atoms with Gasteiger partial charge in [-0.2, -0.15) is 0 Å². The van der Waals surface area contributed by atoms with Crippen LogP contribution in [0.25, 0.3) is 22.4 Å². The fourth-order valence-corrected chi connectivity index (χ4v) is 4.78. The Kier molecular flexibility index (Phi) is 6.13. The SMILES string of the molecule is COCCN1C(=O)COc2nc(-c3ccc(C4(NC(=O)O)CCC4)cc3)c(-c3ccccc3)cc21. The van der Waals surface area contributed by atoms with Crippen molar-refractivity contribution in [1.82, 2.24) is 10.3 Å². The summed E-state index contributed by atoms with van der Waals surface area (Å²) in [5, 5.41) is 12.0. The number of methoxy groups -OCH3 is 1. The van der Waals surface area contributed by atoms with Gasteiger partial charge >= 0.3 is 6.09 Å². The van der Waals surface area contributed by atoms with E-state index in [0.717, 1.165) is 47.2 Å². The first-order valence-electron chi connectivity index (χ1n) is 11.7. The Hall–Kier alpha value is -3.91. The lowest BCUT2D eigenvalue weighted by molar-refractivity contribution is -0.121. The molecule has 1 fully saturated rings. The van der Waals surface area contributed by atoms with E-state index >= 15 is 0 Å². The van der Waals surface area contributed by atoms with Gasteiger partial charge in [0, 0.05) is 24.8 Å². The van der Waals surface area contributed by atoms with Crippen molar-refractivity contribution < 1.29 is 24.2 Å². The van der Waals surface area contributed by atoms with E-state index in [2.05, 4.69) is 5.32 Å². The lowest BCUT2D eigenvalue weighted by Crippen LogP contribution is -2.50. The minimum absolute atomic E-state index is 0.0733. The number of carbonyl (C=O) groups is 2. The van der Waals surface area contributed by atoms with Crippen LogP contribution in [0.1, 0.15) is 24.8 Å². The smallest absolute Gasteiger partial charge is 0.405 e. The van der Waals surface area contributed by atoms with E-state index in [9.17, 15) is 14.7 Å². The number of ether oxygens (including phenoxy) is 2. The molecule has 0 saturated heterocycles. The molecule has 0 spiro atoms. The summed E-state index contributed by atoms with van der Waals surface area (Å²) >= 11 is 0. The van der Waals surface area contributed by atoms with Gasteiger partial charge in [0.1, 0.15) is 5.69 Å². The number of aromatic nitrogens is 1. The second-order valence-corrected chi connectivity index (χ2v) is 8.84. The molecule has 2 heterocycles. The molecule has 1 aromatic heterocycles. The van der Waals surface area contributed by atoms with Crippen LogP contribution in [0.15, 0.2) is 60.7 Å². The van der Waals surface area contributed by atoms with Crippen molar-refractivity contribution in [3.05, 3.63) is 66.2 Å². The molecule has 2 amide bonds. The molecule has 1 aliphatic carbocycles. The summed E-state index contributed by atoms with van der Waals surface area (Å²) in [6.07, 6.45) is 1.54. The molecule has 0 bridgehead atoms. The number of hydrogen-bond acceptors (Lipinski definition) is 5. The van der Waals surface area contributed by atoms with E-state index in [1.54, 1.807) is 12.0 Å². The van der Waals surface area contributed by atoms with Gasteiger partial charge in [0.15, 0.2) is 6.61 Å². The monoisotopic (exact) mass is 473 g/mol. The molecule has 0 unspecified atom stereocenters. The maximum Gasteiger partial charge on any atom is 0.405 e. The average molecular weight is 474 g/mol. The van der Waals surface area contributed by atoms with E-state index in [4.69, 9.17) is 14.5 Å². The molecule has 2 aromatic carbocycles. The van der Waals surface area contributed by atoms with Crippen molar-refractivity contribution in [2.75, 3.05) is 31.8 Å². The molecule has 5 rings (SSSR count). The normalized spacial score (nSPS) is 16.1. The zero-order valence-corrected chi connectivity index (χ0v) is 19.5. The Morgan fingerprint density at radius 2 is 1.89 bits per heavy atom. The first-order valence-corrected chi connectivity index (χ1v) is 11.7. The van der Waals surface area contributed by atoms with Crippen molar-refractivity contribution in [2.45, 2.75) is 24.8 Å². The molecule has 8 heteroatoms. The second kappa shape index (κ2) is 9.38. The van der Waals surface area contributed by atoms with Gasteiger partial charge in [-0.15, -0.1) is 0 Å². The Bertz CT molecular complexity index is 1240. The Labute approximate surface area is 203 Å². The Balaban J connectivity index is 1.58. The molecule has 1 saturated carbocycles. The molecule has 2 N–H and O–H groups in total. The molecule has 180 valence electrons. The Morgan fingerprint density at radius 3 is 2.51 bits per heavy atom. The first-order chi connectivity index (χ1) is 17.0. The summed E-state index contributed by atoms with van der Waals surface area (Å²) in [7, 11) is 1.60. The van der Waals surface area contributed by atoms with Gasteiger partial charge in [-0.3, -0.25) is 4.79 Å². The second-order valence-electron chi connectivity index (χ2n) is 8.84. The topological polar surface area (TPSA) is 101 Å². The van der Waals surface area contributed by atoms with E-state index in [0.29, 0.717) is 24.7 Å². The number of carbonyl (C=O) groups excluding carboxylic acids is 1. The van der Waals surface area contributed by atoms with Crippen molar-refractivity contribution in [2.24, 2.45) is 0 Å². The van der Waals surface area contributed by atoms with Gasteiger partial charge in [0.2, 0.25) is 5.88 Å². The van der Waals surface area contributed by atoms with Crippen LogP contribution in [0, 0.1) is 0 Å². The van der Waals surface area contributed by atoms with Gasteiger partial charge in [-0.25, -0.2) is 9.78 Å². The molecular formula is C27H27N3O5. The summed E-state index contributed by atoms with van der Waals surface area (Å²) < 4.78 is 10.9. The highest BCUT2D eigenvalue weighted by atomic mass is 16.5. The zero-order valence-electron chi connectivity index (χ0n) is 19.5. The molecule has 1 aliphatic heterocycles. The standard InChI is InChI=1S/C27H27N3O5/c1-34-15-14-30-22-16-21(18-6-3-2-4-7-18)24(28-25(22)35-17-23(30)31)19-8-10-20(11-9-19)27(12-5-13-27)29-26(32)33/h2-4,6-11,16,29H,5,12-15,17H2,1H3,(H,32,33). The summed E-state index contributed by atoms with van der Waals surface area (Å²) in [6.45, 7) is 0.742. The number of hydrogen-bond donors (Lipinski definition) is 2. The first kappa shape index (κ1) is 22.9. The quantitative estimate of drug-likeness (QED) is 0.526. The number of fused-ring (bicyclic) bond motifs is 1. The van der Waals surface area contributed by atoms with Crippen molar-refractivity contribution in [1.29, 1.82) is 0 Å². The number of benzene rings is 2. The van der Waals surface area contributed by atoms with Crippen molar-refractivity contribution >= 4 is 17.7 Å². The molecule has 8 nitrogen and oxygen atoms in total. The highest BCUT2D eigenvalue weighted by molar-refractivity contribution is 5.99. The third-order valence-corrected chi connectivity index (χ3v) is 6.76. The summed E-state index contributed by atoms with van der Waals surface area (Å²) in [6, 6.07) is 19.7. The number of anilines is 1. The largest absolute Gasteiger partial charge is 0.466 e. The average Bonchev–Trinajstić information content (AvgIpc) is 2.85. The molecule has 0 radical (unpaired) electrons. The molecule has 2 aliphatic rings. The molecule has 0 atom stereocenters. The highest BCUT2D eigenvalue weighted by Crippen LogP contribution is 2.43. The fourth-order valence-electron chi connectivity index (χ4n) is 4.78. The van der Waals surface area contributed by atoms with Gasteiger partial charge in [0.25, 0.3) is 5.91 Å². The van der Waals surface area contributed by atoms with E-state index in [-0.39, 0.29) is 12.5 Å². The van der Waals surface area contributed by atoms with Crippen LogP contribution in [0.2, 0.25) is 0 Å². The molecule has 35 heavy (non-hydrogen) atoms. The van der Waals surface area contributed by atoms with Gasteiger partial charge in [-0.1, -0.05) is 54.6 Å². The predicted molar refractivity (Wildman–Crippen MR) is 132 cm³/mol. The van der Waals surface area contributed by atoms with E-state index in [1.165, 1.54) is 0 Å². The van der Waals surface area contributed by atoms with Crippen LogP contribution in [0.3, 0.4) is 0 Å². The number of pyridine rings is 1. The van der Waals surface area contributed by atoms with E-state index < -0.39 is 11.6 Å². The number of amides is 2. The van der Waals surface area contributed by atoms with Crippen molar-refractivity contribution in [3.63, 3.8) is 0 Å². The maximum absolute atomic E-state index is 12.6. The lowest BCUT2D eigenvalue weighted by Gasteiger charge is -2.42. The van der Waals surface area contributed by atoms with Gasteiger partial charge < -0.3 is 24.8 Å². The minimum atomic E-state index is -1.01. The lowest BCUT2D eigenvalue weighted by atomic mass is 9.71. The number of nitrogens with zero attached hydrogens (tertiary/aromatic N) is 2. The van der Waals surface area contributed by atoms with Crippen LogP contribution in [0.4, 0.5) is 10.5 Å². The minimum Gasteiger partial charge on any atom is -0.466 e. The highest BCUT2D eigenvalue weighted by Gasteiger charge is 2.40. The summed E-state index contributed by atoms with van der Waals surface area (Å²) in [4.78, 5) is 30.4.